The quantitative estimate of drug-likeness (QED) is 0.677. The Morgan fingerprint density at radius 2 is 1.00 bits per heavy atom. The molecule has 0 radical (unpaired) electrons. The summed E-state index contributed by atoms with van der Waals surface area (Å²) in [6.45, 7) is 0. The lowest BCUT2D eigenvalue weighted by Gasteiger charge is -1.93. The molecule has 82 valence electrons. The van der Waals surface area contributed by atoms with Crippen molar-refractivity contribution in [3.05, 3.63) is 60.7 Å². The summed E-state index contributed by atoms with van der Waals surface area (Å²) in [7, 11) is 0. The van der Waals surface area contributed by atoms with E-state index in [1.54, 1.807) is 11.3 Å². The Morgan fingerprint density at radius 1 is 0.588 bits per heavy atom. The topological polar surface area (TPSA) is 25.8 Å². The Kier molecular flexibility index (Phi) is 2.68. The summed E-state index contributed by atoms with van der Waals surface area (Å²) in [4.78, 5) is 0. The molecule has 1 aromatic heterocycles. The monoisotopic (exact) mass is 238 g/mol. The van der Waals surface area contributed by atoms with Gasteiger partial charge in [-0.1, -0.05) is 72.0 Å². The molecule has 0 N–H and O–H groups in total. The molecule has 17 heavy (non-hydrogen) atoms. The van der Waals surface area contributed by atoms with Gasteiger partial charge in [-0.15, -0.1) is 10.2 Å². The Bertz CT molecular complexity index is 548. The third-order valence-electron chi connectivity index (χ3n) is 2.47. The summed E-state index contributed by atoms with van der Waals surface area (Å²) in [5.74, 6) is 0. The molecule has 3 aromatic rings. The van der Waals surface area contributed by atoms with Gasteiger partial charge in [0.05, 0.1) is 0 Å². The molecule has 0 saturated heterocycles. The van der Waals surface area contributed by atoms with E-state index in [9.17, 15) is 0 Å². The Morgan fingerprint density at radius 3 is 1.41 bits per heavy atom. The van der Waals surface area contributed by atoms with E-state index in [0.717, 1.165) is 21.1 Å². The second kappa shape index (κ2) is 4.47. The van der Waals surface area contributed by atoms with Crippen LogP contribution in [-0.4, -0.2) is 10.2 Å². The Balaban J connectivity index is 1.99. The molecule has 0 fully saturated rings. The van der Waals surface area contributed by atoms with Crippen LogP contribution in [0.3, 0.4) is 0 Å². The van der Waals surface area contributed by atoms with E-state index in [4.69, 9.17) is 0 Å². The molecule has 0 unspecified atom stereocenters. The van der Waals surface area contributed by atoms with Crippen LogP contribution in [-0.2, 0) is 0 Å². The van der Waals surface area contributed by atoms with Crippen LogP contribution in [0.25, 0.3) is 21.1 Å². The lowest BCUT2D eigenvalue weighted by atomic mass is 10.2. The van der Waals surface area contributed by atoms with Crippen molar-refractivity contribution in [2.24, 2.45) is 0 Å². The maximum atomic E-state index is 4.23. The molecular weight excluding hydrogens is 228 g/mol. The van der Waals surface area contributed by atoms with Crippen molar-refractivity contribution in [1.82, 2.24) is 10.2 Å². The molecule has 0 aliphatic heterocycles. The molecule has 0 saturated carbocycles. The molecule has 3 heteroatoms. The van der Waals surface area contributed by atoms with E-state index < -0.39 is 0 Å². The van der Waals surface area contributed by atoms with Crippen LogP contribution < -0.4 is 0 Å². The summed E-state index contributed by atoms with van der Waals surface area (Å²) in [5.41, 5.74) is 2.24. The molecule has 3 rings (SSSR count). The normalized spacial score (nSPS) is 10.4. The molecule has 0 bridgehead atoms. The first-order valence-electron chi connectivity index (χ1n) is 5.38. The second-order valence-corrected chi connectivity index (χ2v) is 4.62. The van der Waals surface area contributed by atoms with Gasteiger partial charge in [0.2, 0.25) is 0 Å². The summed E-state index contributed by atoms with van der Waals surface area (Å²) >= 11 is 1.62. The van der Waals surface area contributed by atoms with E-state index in [1.165, 1.54) is 0 Å². The minimum atomic E-state index is 0.962. The minimum Gasteiger partial charge on any atom is -0.138 e. The highest BCUT2D eigenvalue weighted by atomic mass is 32.1. The van der Waals surface area contributed by atoms with E-state index in [0.29, 0.717) is 0 Å². The lowest BCUT2D eigenvalue weighted by molar-refractivity contribution is 1.10. The molecule has 0 atom stereocenters. The SMILES string of the molecule is c1ccc(-c2nnc(-c3ccccc3)s2)cc1. The third-order valence-corrected chi connectivity index (χ3v) is 3.49. The highest BCUT2D eigenvalue weighted by molar-refractivity contribution is 7.17. The number of hydrogen-bond acceptors (Lipinski definition) is 3. The maximum Gasteiger partial charge on any atom is 0.148 e. The van der Waals surface area contributed by atoms with Crippen LogP contribution in [0.4, 0.5) is 0 Å². The first-order chi connectivity index (χ1) is 8.43. The molecule has 0 aliphatic carbocycles. The van der Waals surface area contributed by atoms with E-state index in [2.05, 4.69) is 34.5 Å². The van der Waals surface area contributed by atoms with Gasteiger partial charge < -0.3 is 0 Å². The minimum absolute atomic E-state index is 0.962. The number of aromatic nitrogens is 2. The highest BCUT2D eigenvalue weighted by Gasteiger charge is 2.07. The first kappa shape index (κ1) is 10.2. The average molecular weight is 238 g/mol. The molecule has 2 nitrogen and oxygen atoms in total. The van der Waals surface area contributed by atoms with Crippen molar-refractivity contribution in [3.8, 4) is 21.1 Å². The van der Waals surface area contributed by atoms with Gasteiger partial charge in [-0.05, 0) is 0 Å². The molecular formula is C14H10N2S. The van der Waals surface area contributed by atoms with E-state index in [1.807, 2.05) is 36.4 Å². The van der Waals surface area contributed by atoms with Crippen LogP contribution in [0.5, 0.6) is 0 Å². The van der Waals surface area contributed by atoms with Crippen molar-refractivity contribution in [2.75, 3.05) is 0 Å². The smallest absolute Gasteiger partial charge is 0.138 e. The Hall–Kier alpha value is -2.00. The average Bonchev–Trinajstić information content (AvgIpc) is 2.90. The molecule has 1 heterocycles. The fourth-order valence-electron chi connectivity index (χ4n) is 1.62. The van der Waals surface area contributed by atoms with E-state index >= 15 is 0 Å². The fraction of sp³-hybridized carbons (Fsp3) is 0. The van der Waals surface area contributed by atoms with Crippen molar-refractivity contribution in [3.63, 3.8) is 0 Å². The van der Waals surface area contributed by atoms with Gasteiger partial charge in [-0.25, -0.2) is 0 Å². The predicted octanol–water partition coefficient (Wildman–Crippen LogP) is 3.87. The van der Waals surface area contributed by atoms with Gasteiger partial charge >= 0.3 is 0 Å². The summed E-state index contributed by atoms with van der Waals surface area (Å²) < 4.78 is 0. The summed E-state index contributed by atoms with van der Waals surface area (Å²) in [6, 6.07) is 20.3. The zero-order chi connectivity index (χ0) is 11.5. The number of hydrogen-bond donors (Lipinski definition) is 0. The molecule has 2 aromatic carbocycles. The standard InChI is InChI=1S/C14H10N2S/c1-3-7-11(8-4-1)13-15-16-14(17-13)12-9-5-2-6-10-12/h1-10H. The van der Waals surface area contributed by atoms with Crippen LogP contribution in [0.2, 0.25) is 0 Å². The third kappa shape index (κ3) is 2.10. The molecule has 0 amide bonds. The second-order valence-electron chi connectivity index (χ2n) is 3.64. The number of benzene rings is 2. The van der Waals surface area contributed by atoms with Gasteiger partial charge in [0.15, 0.2) is 0 Å². The zero-order valence-corrected chi connectivity index (χ0v) is 9.89. The maximum absolute atomic E-state index is 4.23. The summed E-state index contributed by atoms with van der Waals surface area (Å²) in [5, 5.41) is 10.4. The van der Waals surface area contributed by atoms with Crippen LogP contribution in [0.1, 0.15) is 0 Å². The Labute approximate surface area is 104 Å². The van der Waals surface area contributed by atoms with Gasteiger partial charge in [0.25, 0.3) is 0 Å². The number of rotatable bonds is 2. The summed E-state index contributed by atoms with van der Waals surface area (Å²) in [6.07, 6.45) is 0. The lowest BCUT2D eigenvalue weighted by Crippen LogP contribution is -1.76. The van der Waals surface area contributed by atoms with Crippen molar-refractivity contribution >= 4 is 11.3 Å². The largest absolute Gasteiger partial charge is 0.148 e. The van der Waals surface area contributed by atoms with Crippen molar-refractivity contribution in [2.45, 2.75) is 0 Å². The predicted molar refractivity (Wildman–Crippen MR) is 70.8 cm³/mol. The molecule has 0 aliphatic rings. The fourth-order valence-corrected chi connectivity index (χ4v) is 2.47. The van der Waals surface area contributed by atoms with Gasteiger partial charge in [0, 0.05) is 11.1 Å². The number of nitrogens with zero attached hydrogens (tertiary/aromatic N) is 2. The van der Waals surface area contributed by atoms with Gasteiger partial charge in [-0.2, -0.15) is 0 Å². The van der Waals surface area contributed by atoms with Crippen LogP contribution in [0.15, 0.2) is 60.7 Å². The zero-order valence-electron chi connectivity index (χ0n) is 9.08. The van der Waals surface area contributed by atoms with Crippen molar-refractivity contribution < 1.29 is 0 Å². The van der Waals surface area contributed by atoms with Gasteiger partial charge in [-0.3, -0.25) is 0 Å². The van der Waals surface area contributed by atoms with Crippen molar-refractivity contribution in [1.29, 1.82) is 0 Å². The first-order valence-corrected chi connectivity index (χ1v) is 6.19. The van der Waals surface area contributed by atoms with E-state index in [-0.39, 0.29) is 0 Å². The highest BCUT2D eigenvalue weighted by Crippen LogP contribution is 2.29. The van der Waals surface area contributed by atoms with Crippen LogP contribution in [0, 0.1) is 0 Å². The van der Waals surface area contributed by atoms with Gasteiger partial charge in [0.1, 0.15) is 10.0 Å². The van der Waals surface area contributed by atoms with Crippen LogP contribution >= 0.6 is 11.3 Å². The molecule has 0 spiro atoms.